The van der Waals surface area contributed by atoms with Gasteiger partial charge in [-0.1, -0.05) is 0 Å². The Kier molecular flexibility index (Phi) is 3.79. The molecular formula is C13H7F2NO5. The number of carboxylic acid groups (broad SMARTS) is 1. The van der Waals surface area contributed by atoms with Crippen molar-refractivity contribution in [1.82, 2.24) is 0 Å². The fraction of sp³-hybridized carbons (Fsp3) is 0. The first kappa shape index (κ1) is 14.4. The smallest absolute Gasteiger partial charge is 0.342 e. The summed E-state index contributed by atoms with van der Waals surface area (Å²) < 4.78 is 31.4. The molecule has 108 valence electrons. The number of hydrogen-bond acceptors (Lipinski definition) is 4. The molecule has 2 aromatic rings. The summed E-state index contributed by atoms with van der Waals surface area (Å²) in [6.45, 7) is 0. The van der Waals surface area contributed by atoms with Crippen molar-refractivity contribution in [2.75, 3.05) is 0 Å². The number of nitro benzene ring substituents is 1. The van der Waals surface area contributed by atoms with Gasteiger partial charge in [0.1, 0.15) is 17.1 Å². The number of carbonyl (C=O) groups is 1. The zero-order valence-electron chi connectivity index (χ0n) is 10.2. The van der Waals surface area contributed by atoms with Gasteiger partial charge in [-0.25, -0.2) is 13.6 Å². The largest absolute Gasteiger partial charge is 0.477 e. The van der Waals surface area contributed by atoms with Crippen LogP contribution in [0, 0.1) is 21.7 Å². The maximum atomic E-state index is 13.4. The van der Waals surface area contributed by atoms with Crippen molar-refractivity contribution in [1.29, 1.82) is 0 Å². The van der Waals surface area contributed by atoms with Crippen LogP contribution in [0.2, 0.25) is 0 Å². The van der Waals surface area contributed by atoms with Gasteiger partial charge >= 0.3 is 5.97 Å². The highest BCUT2D eigenvalue weighted by Crippen LogP contribution is 2.29. The Morgan fingerprint density at radius 1 is 1.19 bits per heavy atom. The molecule has 2 rings (SSSR count). The van der Waals surface area contributed by atoms with Crippen molar-refractivity contribution in [2.45, 2.75) is 0 Å². The number of nitrogens with zero attached hydrogens (tertiary/aromatic N) is 1. The summed E-state index contributed by atoms with van der Waals surface area (Å²) in [6, 6.07) is 5.38. The van der Waals surface area contributed by atoms with Crippen molar-refractivity contribution in [3.05, 3.63) is 63.7 Å². The lowest BCUT2D eigenvalue weighted by molar-refractivity contribution is -0.385. The molecule has 8 heteroatoms. The van der Waals surface area contributed by atoms with Crippen molar-refractivity contribution in [2.24, 2.45) is 0 Å². The molecule has 0 aliphatic rings. The molecule has 0 aliphatic heterocycles. The van der Waals surface area contributed by atoms with Gasteiger partial charge in [0.15, 0.2) is 11.6 Å². The summed E-state index contributed by atoms with van der Waals surface area (Å²) in [5.41, 5.74) is -1.25. The third-order valence-electron chi connectivity index (χ3n) is 2.52. The predicted octanol–water partition coefficient (Wildman–Crippen LogP) is 3.36. The molecule has 0 unspecified atom stereocenters. The molecule has 0 heterocycles. The van der Waals surface area contributed by atoms with E-state index in [1.807, 2.05) is 0 Å². The predicted molar refractivity (Wildman–Crippen MR) is 66.5 cm³/mol. The third-order valence-corrected chi connectivity index (χ3v) is 2.52. The lowest BCUT2D eigenvalue weighted by Crippen LogP contribution is -2.03. The fourth-order valence-electron chi connectivity index (χ4n) is 1.59. The molecule has 0 atom stereocenters. The summed E-state index contributed by atoms with van der Waals surface area (Å²) in [5.74, 6) is -3.76. The standard InChI is InChI=1S/C13H7F2NO5/c14-7-1-3-10(15)12(5-7)21-8-2-4-11(16(19)20)9(6-8)13(17)18/h1-6H,(H,17,18). The minimum atomic E-state index is -1.54. The van der Waals surface area contributed by atoms with E-state index in [9.17, 15) is 23.7 Å². The number of ether oxygens (including phenoxy) is 1. The summed E-state index contributed by atoms with van der Waals surface area (Å²) in [6.07, 6.45) is 0. The highest BCUT2D eigenvalue weighted by atomic mass is 19.1. The van der Waals surface area contributed by atoms with Gasteiger partial charge < -0.3 is 9.84 Å². The van der Waals surface area contributed by atoms with E-state index >= 15 is 0 Å². The second kappa shape index (κ2) is 5.53. The number of hydrogen-bond donors (Lipinski definition) is 1. The molecule has 0 amide bonds. The van der Waals surface area contributed by atoms with Gasteiger partial charge in [0.25, 0.3) is 5.69 Å². The normalized spacial score (nSPS) is 10.2. The number of carboxylic acids is 1. The summed E-state index contributed by atoms with van der Waals surface area (Å²) in [5, 5.41) is 19.6. The van der Waals surface area contributed by atoms with Crippen LogP contribution in [0.15, 0.2) is 36.4 Å². The van der Waals surface area contributed by atoms with Crippen LogP contribution >= 0.6 is 0 Å². The molecule has 0 saturated carbocycles. The number of aromatic carboxylic acids is 1. The number of nitro groups is 1. The van der Waals surface area contributed by atoms with E-state index < -0.39 is 39.5 Å². The molecule has 1 N–H and O–H groups in total. The zero-order chi connectivity index (χ0) is 15.6. The van der Waals surface area contributed by atoms with E-state index in [-0.39, 0.29) is 5.75 Å². The molecular weight excluding hydrogens is 288 g/mol. The van der Waals surface area contributed by atoms with Gasteiger partial charge in [-0.15, -0.1) is 0 Å². The van der Waals surface area contributed by atoms with Gasteiger partial charge in [0, 0.05) is 18.2 Å². The molecule has 0 aliphatic carbocycles. The van der Waals surface area contributed by atoms with Crippen LogP contribution in [0.5, 0.6) is 11.5 Å². The molecule has 0 saturated heterocycles. The van der Waals surface area contributed by atoms with E-state index in [2.05, 4.69) is 0 Å². The fourth-order valence-corrected chi connectivity index (χ4v) is 1.59. The van der Waals surface area contributed by atoms with Crippen LogP contribution in [0.4, 0.5) is 14.5 Å². The highest BCUT2D eigenvalue weighted by molar-refractivity contribution is 5.92. The SMILES string of the molecule is O=C(O)c1cc(Oc2cc(F)ccc2F)ccc1[N+](=O)[O-]. The van der Waals surface area contributed by atoms with Crippen LogP contribution in [0.1, 0.15) is 10.4 Å². The van der Waals surface area contributed by atoms with E-state index in [1.54, 1.807) is 0 Å². The first-order chi connectivity index (χ1) is 9.88. The second-order valence-electron chi connectivity index (χ2n) is 3.92. The maximum absolute atomic E-state index is 13.4. The van der Waals surface area contributed by atoms with E-state index in [0.29, 0.717) is 0 Å². The first-order valence-corrected chi connectivity index (χ1v) is 5.53. The average Bonchev–Trinajstić information content (AvgIpc) is 2.42. The van der Waals surface area contributed by atoms with E-state index in [4.69, 9.17) is 9.84 Å². The van der Waals surface area contributed by atoms with Crippen LogP contribution in [-0.4, -0.2) is 16.0 Å². The Labute approximate surface area is 116 Å². The molecule has 2 aromatic carbocycles. The second-order valence-corrected chi connectivity index (χ2v) is 3.92. The van der Waals surface area contributed by atoms with Crippen molar-refractivity contribution in [3.63, 3.8) is 0 Å². The Bertz CT molecular complexity index is 732. The van der Waals surface area contributed by atoms with Crippen LogP contribution in [-0.2, 0) is 0 Å². The minimum Gasteiger partial charge on any atom is -0.477 e. The monoisotopic (exact) mass is 295 g/mol. The quantitative estimate of drug-likeness (QED) is 0.690. The molecule has 6 nitrogen and oxygen atoms in total. The lowest BCUT2D eigenvalue weighted by atomic mass is 10.1. The number of rotatable bonds is 4. The summed E-state index contributed by atoms with van der Waals surface area (Å²) in [7, 11) is 0. The Hall–Kier alpha value is -3.03. The number of halogens is 2. The molecule has 0 spiro atoms. The molecule has 0 fully saturated rings. The van der Waals surface area contributed by atoms with E-state index in [1.165, 1.54) is 0 Å². The van der Waals surface area contributed by atoms with E-state index in [0.717, 1.165) is 36.4 Å². The highest BCUT2D eigenvalue weighted by Gasteiger charge is 2.21. The molecule has 0 aromatic heterocycles. The van der Waals surface area contributed by atoms with Gasteiger partial charge in [0.2, 0.25) is 0 Å². The number of benzene rings is 2. The third kappa shape index (κ3) is 3.11. The van der Waals surface area contributed by atoms with Gasteiger partial charge in [-0.05, 0) is 18.2 Å². The average molecular weight is 295 g/mol. The van der Waals surface area contributed by atoms with Crippen LogP contribution < -0.4 is 4.74 Å². The van der Waals surface area contributed by atoms with Crippen molar-refractivity contribution < 1.29 is 28.3 Å². The van der Waals surface area contributed by atoms with Crippen molar-refractivity contribution in [3.8, 4) is 11.5 Å². The molecule has 0 radical (unpaired) electrons. The maximum Gasteiger partial charge on any atom is 0.342 e. The van der Waals surface area contributed by atoms with Gasteiger partial charge in [-0.3, -0.25) is 10.1 Å². The summed E-state index contributed by atoms with van der Waals surface area (Å²) in [4.78, 5) is 20.8. The minimum absolute atomic E-state index is 0.164. The Morgan fingerprint density at radius 2 is 1.90 bits per heavy atom. The Morgan fingerprint density at radius 3 is 2.52 bits per heavy atom. The molecule has 0 bridgehead atoms. The van der Waals surface area contributed by atoms with Gasteiger partial charge in [0.05, 0.1) is 4.92 Å². The van der Waals surface area contributed by atoms with Gasteiger partial charge in [-0.2, -0.15) is 0 Å². The Balaban J connectivity index is 2.41. The summed E-state index contributed by atoms with van der Waals surface area (Å²) >= 11 is 0. The van der Waals surface area contributed by atoms with Crippen LogP contribution in [0.25, 0.3) is 0 Å². The lowest BCUT2D eigenvalue weighted by Gasteiger charge is -2.07. The van der Waals surface area contributed by atoms with Crippen molar-refractivity contribution >= 4 is 11.7 Å². The topological polar surface area (TPSA) is 89.7 Å². The zero-order valence-corrected chi connectivity index (χ0v) is 10.2. The first-order valence-electron chi connectivity index (χ1n) is 5.53. The molecule has 21 heavy (non-hydrogen) atoms. The van der Waals surface area contributed by atoms with Crippen LogP contribution in [0.3, 0.4) is 0 Å².